The van der Waals surface area contributed by atoms with Gasteiger partial charge < -0.3 is 11.1 Å². The molecule has 1 rings (SSSR count). The second-order valence-electron chi connectivity index (χ2n) is 4.17. The summed E-state index contributed by atoms with van der Waals surface area (Å²) < 4.78 is 0. The molecule has 0 aromatic carbocycles. The normalized spacial score (nSPS) is 11.0. The van der Waals surface area contributed by atoms with E-state index >= 15 is 0 Å². The van der Waals surface area contributed by atoms with Gasteiger partial charge in [-0.15, -0.1) is 0 Å². The van der Waals surface area contributed by atoms with Gasteiger partial charge in [0, 0.05) is 6.07 Å². The van der Waals surface area contributed by atoms with Gasteiger partial charge in [0.05, 0.1) is 4.92 Å². The first kappa shape index (κ1) is 12.9. The van der Waals surface area contributed by atoms with Gasteiger partial charge in [0.1, 0.15) is 17.1 Å². The summed E-state index contributed by atoms with van der Waals surface area (Å²) in [5, 5.41) is 13.4. The minimum atomic E-state index is -0.963. The SMILES string of the molecule is Cc1nc(NC(C)(C)C(N)=O)ccc1[N+](=O)[O-]. The van der Waals surface area contributed by atoms with E-state index < -0.39 is 16.4 Å². The monoisotopic (exact) mass is 238 g/mol. The number of hydrogen-bond donors (Lipinski definition) is 2. The lowest BCUT2D eigenvalue weighted by molar-refractivity contribution is -0.385. The highest BCUT2D eigenvalue weighted by Crippen LogP contribution is 2.20. The van der Waals surface area contributed by atoms with Crippen LogP contribution in [0.5, 0.6) is 0 Å². The van der Waals surface area contributed by atoms with Crippen molar-refractivity contribution >= 4 is 17.4 Å². The number of pyridine rings is 1. The summed E-state index contributed by atoms with van der Waals surface area (Å²) in [4.78, 5) is 25.2. The first-order valence-corrected chi connectivity index (χ1v) is 4.94. The molecule has 0 unspecified atom stereocenters. The van der Waals surface area contributed by atoms with Crippen LogP contribution < -0.4 is 11.1 Å². The van der Waals surface area contributed by atoms with E-state index in [2.05, 4.69) is 10.3 Å². The summed E-state index contributed by atoms with van der Waals surface area (Å²) in [6.07, 6.45) is 0. The Morgan fingerprint density at radius 3 is 2.53 bits per heavy atom. The summed E-state index contributed by atoms with van der Waals surface area (Å²) in [6.45, 7) is 4.74. The molecule has 7 nitrogen and oxygen atoms in total. The fourth-order valence-electron chi connectivity index (χ4n) is 1.20. The predicted octanol–water partition coefficient (Wildman–Crippen LogP) is 0.974. The van der Waals surface area contributed by atoms with Crippen LogP contribution in [0.3, 0.4) is 0 Å². The Morgan fingerprint density at radius 2 is 2.12 bits per heavy atom. The number of rotatable bonds is 4. The maximum absolute atomic E-state index is 11.1. The maximum Gasteiger partial charge on any atom is 0.290 e. The lowest BCUT2D eigenvalue weighted by Gasteiger charge is -2.22. The number of nitrogens with one attached hydrogen (secondary N) is 1. The second-order valence-corrected chi connectivity index (χ2v) is 4.17. The van der Waals surface area contributed by atoms with Crippen molar-refractivity contribution in [2.75, 3.05) is 5.32 Å². The summed E-state index contributed by atoms with van der Waals surface area (Å²) in [7, 11) is 0. The molecule has 0 fully saturated rings. The number of amides is 1. The van der Waals surface area contributed by atoms with Crippen LogP contribution in [0, 0.1) is 17.0 Å². The van der Waals surface area contributed by atoms with Crippen molar-refractivity contribution in [2.24, 2.45) is 5.73 Å². The Kier molecular flexibility index (Phi) is 3.31. The van der Waals surface area contributed by atoms with E-state index in [0.29, 0.717) is 5.82 Å². The van der Waals surface area contributed by atoms with Crippen LogP contribution in [0.15, 0.2) is 12.1 Å². The Balaban J connectivity index is 2.99. The number of nitrogens with two attached hydrogens (primary N) is 1. The summed E-state index contributed by atoms with van der Waals surface area (Å²) in [5.74, 6) is -0.160. The van der Waals surface area contributed by atoms with Crippen molar-refractivity contribution in [2.45, 2.75) is 26.3 Å². The number of nitrogens with zero attached hydrogens (tertiary/aromatic N) is 2. The van der Waals surface area contributed by atoms with E-state index in [0.717, 1.165) is 0 Å². The lowest BCUT2D eigenvalue weighted by atomic mass is 10.1. The van der Waals surface area contributed by atoms with Crippen LogP contribution >= 0.6 is 0 Å². The maximum atomic E-state index is 11.1. The molecule has 0 atom stereocenters. The van der Waals surface area contributed by atoms with E-state index in [4.69, 9.17) is 5.73 Å². The number of anilines is 1. The Bertz CT molecular complexity index is 471. The second kappa shape index (κ2) is 4.36. The molecule has 0 bridgehead atoms. The minimum Gasteiger partial charge on any atom is -0.368 e. The standard InChI is InChI=1S/C10H14N4O3/c1-6-7(14(16)17)4-5-8(12-6)13-10(2,3)9(11)15/h4-5H,1-3H3,(H2,11,15)(H,12,13). The van der Waals surface area contributed by atoms with Crippen LogP contribution in [-0.2, 0) is 4.79 Å². The topological polar surface area (TPSA) is 111 Å². The molecule has 1 amide bonds. The highest BCUT2D eigenvalue weighted by molar-refractivity contribution is 5.86. The van der Waals surface area contributed by atoms with Gasteiger partial charge in [-0.3, -0.25) is 14.9 Å². The number of carbonyl (C=O) groups is 1. The van der Waals surface area contributed by atoms with E-state index in [1.807, 2.05) is 0 Å². The molecule has 7 heteroatoms. The number of aromatic nitrogens is 1. The molecule has 1 aromatic rings. The molecule has 0 aliphatic rings. The molecule has 17 heavy (non-hydrogen) atoms. The number of nitro groups is 1. The van der Waals surface area contributed by atoms with Gasteiger partial charge in [0.2, 0.25) is 5.91 Å². The predicted molar refractivity (Wildman–Crippen MR) is 62.5 cm³/mol. The van der Waals surface area contributed by atoms with Crippen LogP contribution in [0.1, 0.15) is 19.5 Å². The van der Waals surface area contributed by atoms with E-state index in [1.54, 1.807) is 13.8 Å². The number of primary amides is 1. The highest BCUT2D eigenvalue weighted by atomic mass is 16.6. The van der Waals surface area contributed by atoms with Crippen molar-refractivity contribution < 1.29 is 9.72 Å². The molecular formula is C10H14N4O3. The Labute approximate surface area is 98.2 Å². The molecule has 0 spiro atoms. The molecule has 3 N–H and O–H groups in total. The Morgan fingerprint density at radius 1 is 1.53 bits per heavy atom. The number of carbonyl (C=O) groups excluding carboxylic acids is 1. The molecule has 0 saturated heterocycles. The quantitative estimate of drug-likeness (QED) is 0.599. The van der Waals surface area contributed by atoms with E-state index in [-0.39, 0.29) is 11.4 Å². The Hall–Kier alpha value is -2.18. The van der Waals surface area contributed by atoms with Crippen LogP contribution in [0.4, 0.5) is 11.5 Å². The summed E-state index contributed by atoms with van der Waals surface area (Å²) in [6, 6.07) is 2.78. The average Bonchev–Trinajstić information content (AvgIpc) is 2.15. The average molecular weight is 238 g/mol. The molecule has 0 aliphatic heterocycles. The zero-order chi connectivity index (χ0) is 13.2. The van der Waals surface area contributed by atoms with Crippen molar-refractivity contribution in [1.82, 2.24) is 4.98 Å². The summed E-state index contributed by atoms with van der Waals surface area (Å²) in [5.41, 5.74) is 4.45. The van der Waals surface area contributed by atoms with Crippen LogP contribution in [0.25, 0.3) is 0 Å². The van der Waals surface area contributed by atoms with Crippen molar-refractivity contribution in [3.8, 4) is 0 Å². The van der Waals surface area contributed by atoms with Gasteiger partial charge in [-0.25, -0.2) is 4.98 Å². The van der Waals surface area contributed by atoms with Crippen molar-refractivity contribution in [3.05, 3.63) is 27.9 Å². The molecule has 92 valence electrons. The minimum absolute atomic E-state index is 0.0626. The van der Waals surface area contributed by atoms with Gasteiger partial charge in [0.15, 0.2) is 0 Å². The van der Waals surface area contributed by atoms with Crippen LogP contribution in [0.2, 0.25) is 0 Å². The van der Waals surface area contributed by atoms with Gasteiger partial charge in [0.25, 0.3) is 5.69 Å². The van der Waals surface area contributed by atoms with E-state index in [1.165, 1.54) is 19.1 Å². The van der Waals surface area contributed by atoms with E-state index in [9.17, 15) is 14.9 Å². The molecular weight excluding hydrogens is 224 g/mol. The first-order chi connectivity index (χ1) is 7.74. The fourth-order valence-corrected chi connectivity index (χ4v) is 1.20. The third-order valence-corrected chi connectivity index (χ3v) is 2.31. The third kappa shape index (κ3) is 2.90. The fraction of sp³-hybridized carbons (Fsp3) is 0.400. The van der Waals surface area contributed by atoms with Gasteiger partial charge in [-0.05, 0) is 26.8 Å². The largest absolute Gasteiger partial charge is 0.368 e. The molecule has 1 heterocycles. The van der Waals surface area contributed by atoms with Gasteiger partial charge in [-0.2, -0.15) is 0 Å². The van der Waals surface area contributed by atoms with Crippen molar-refractivity contribution in [3.63, 3.8) is 0 Å². The lowest BCUT2D eigenvalue weighted by Crippen LogP contribution is -2.45. The zero-order valence-corrected chi connectivity index (χ0v) is 9.85. The molecule has 0 saturated carbocycles. The van der Waals surface area contributed by atoms with Gasteiger partial charge in [-0.1, -0.05) is 0 Å². The first-order valence-electron chi connectivity index (χ1n) is 4.94. The summed E-state index contributed by atoms with van der Waals surface area (Å²) >= 11 is 0. The highest BCUT2D eigenvalue weighted by Gasteiger charge is 2.25. The molecule has 0 radical (unpaired) electrons. The zero-order valence-electron chi connectivity index (χ0n) is 9.85. The van der Waals surface area contributed by atoms with Crippen molar-refractivity contribution in [1.29, 1.82) is 0 Å². The van der Waals surface area contributed by atoms with Crippen LogP contribution in [-0.4, -0.2) is 21.4 Å². The van der Waals surface area contributed by atoms with Gasteiger partial charge >= 0.3 is 0 Å². The smallest absolute Gasteiger partial charge is 0.290 e. The molecule has 0 aliphatic carbocycles. The number of aryl methyl sites for hydroxylation is 1. The third-order valence-electron chi connectivity index (χ3n) is 2.31. The molecule has 1 aromatic heterocycles. The number of hydrogen-bond acceptors (Lipinski definition) is 5.